The number of hydrogen-bond donors (Lipinski definition) is 1. The van der Waals surface area contributed by atoms with Gasteiger partial charge in [0.2, 0.25) is 0 Å². The molecule has 0 aromatic heterocycles. The predicted molar refractivity (Wildman–Crippen MR) is 131 cm³/mol. The van der Waals surface area contributed by atoms with E-state index in [1.54, 1.807) is 20.8 Å². The van der Waals surface area contributed by atoms with Crippen LogP contribution in [-0.4, -0.2) is 24.0 Å². The third-order valence-electron chi connectivity index (χ3n) is 5.31. The number of nitrogens with zero attached hydrogens (tertiary/aromatic N) is 2. The van der Waals surface area contributed by atoms with Crippen molar-refractivity contribution in [2.75, 3.05) is 16.8 Å². The van der Waals surface area contributed by atoms with Gasteiger partial charge in [-0.15, -0.1) is 0 Å². The Hall–Kier alpha value is -3.51. The molecule has 0 fully saturated rings. The summed E-state index contributed by atoms with van der Waals surface area (Å²) in [4.78, 5) is 27.3. The highest BCUT2D eigenvalue weighted by molar-refractivity contribution is 6.34. The zero-order valence-electron chi connectivity index (χ0n) is 20.0. The van der Waals surface area contributed by atoms with Crippen LogP contribution in [0.4, 0.5) is 29.3 Å². The molecule has 0 saturated heterocycles. The molecule has 3 rings (SSSR count). The van der Waals surface area contributed by atoms with Gasteiger partial charge in [-0.3, -0.25) is 9.69 Å². The first-order valence-corrected chi connectivity index (χ1v) is 11.6. The van der Waals surface area contributed by atoms with Gasteiger partial charge in [0.05, 0.1) is 34.5 Å². The molecule has 1 aliphatic rings. The van der Waals surface area contributed by atoms with Gasteiger partial charge in [0.25, 0.3) is 0 Å². The second kappa shape index (κ2) is 10.6. The van der Waals surface area contributed by atoms with Gasteiger partial charge >= 0.3 is 12.3 Å². The molecule has 2 aromatic carbocycles. The molecule has 1 aliphatic carbocycles. The number of benzene rings is 2. The molecule has 0 unspecified atom stereocenters. The van der Waals surface area contributed by atoms with Crippen LogP contribution in [0.3, 0.4) is 0 Å². The molecule has 190 valence electrons. The second-order valence-electron chi connectivity index (χ2n) is 9.28. The van der Waals surface area contributed by atoms with Crippen LogP contribution in [0.2, 0.25) is 5.02 Å². The number of nitrogens with one attached hydrogen (secondary N) is 1. The molecule has 1 amide bonds. The van der Waals surface area contributed by atoms with Gasteiger partial charge in [0.1, 0.15) is 5.60 Å². The lowest BCUT2D eigenvalue weighted by molar-refractivity contribution is -0.137. The highest BCUT2D eigenvalue weighted by atomic mass is 35.5. The standard InChI is InChI=1S/C26H25ClF3N3O3/c1-25(2,3)36-24(35)33(22-11-10-16(14-31)12-20(22)27)15-19-21(8-5-9-23(19)34)32-18-7-4-6-17(13-18)26(28,29)30/h4,6-7,10-13,32H,5,8-9,15H2,1-3H3. The van der Waals surface area contributed by atoms with Crippen LogP contribution in [0.25, 0.3) is 0 Å². The van der Waals surface area contributed by atoms with E-state index in [4.69, 9.17) is 21.6 Å². The van der Waals surface area contributed by atoms with Crippen LogP contribution >= 0.6 is 11.6 Å². The lowest BCUT2D eigenvalue weighted by Crippen LogP contribution is -2.40. The van der Waals surface area contributed by atoms with Gasteiger partial charge in [-0.2, -0.15) is 18.4 Å². The number of ketones is 1. The Morgan fingerprint density at radius 1 is 1.17 bits per heavy atom. The number of rotatable bonds is 5. The monoisotopic (exact) mass is 519 g/mol. The zero-order chi connectivity index (χ0) is 26.7. The van der Waals surface area contributed by atoms with Crippen molar-refractivity contribution in [3.05, 3.63) is 69.9 Å². The van der Waals surface area contributed by atoms with Gasteiger partial charge in [-0.25, -0.2) is 4.79 Å². The van der Waals surface area contributed by atoms with Crippen molar-refractivity contribution in [2.45, 2.75) is 51.8 Å². The SMILES string of the molecule is CC(C)(C)OC(=O)N(CC1=C(Nc2cccc(C(F)(F)F)c2)CCCC1=O)c1ccc(C#N)cc1Cl. The Morgan fingerprint density at radius 2 is 1.89 bits per heavy atom. The number of amides is 1. The summed E-state index contributed by atoms with van der Waals surface area (Å²) < 4.78 is 45.1. The van der Waals surface area contributed by atoms with Crippen LogP contribution in [0.1, 0.15) is 51.2 Å². The number of halogens is 4. The first kappa shape index (κ1) is 27.1. The summed E-state index contributed by atoms with van der Waals surface area (Å²) in [5, 5.41) is 12.2. The summed E-state index contributed by atoms with van der Waals surface area (Å²) in [6, 6.07) is 11.0. The van der Waals surface area contributed by atoms with Crippen molar-refractivity contribution in [3.63, 3.8) is 0 Å². The van der Waals surface area contributed by atoms with Crippen molar-refractivity contribution in [3.8, 4) is 6.07 Å². The van der Waals surface area contributed by atoms with E-state index in [0.717, 1.165) is 12.1 Å². The molecular formula is C26H25ClF3N3O3. The average Bonchev–Trinajstić information content (AvgIpc) is 2.77. The first-order chi connectivity index (χ1) is 16.8. The quantitative estimate of drug-likeness (QED) is 0.456. The van der Waals surface area contributed by atoms with Gasteiger partial charge in [0.15, 0.2) is 5.78 Å². The van der Waals surface area contributed by atoms with Gasteiger partial charge in [-0.1, -0.05) is 17.7 Å². The molecule has 0 heterocycles. The minimum Gasteiger partial charge on any atom is -0.443 e. The van der Waals surface area contributed by atoms with E-state index in [1.165, 1.54) is 35.2 Å². The van der Waals surface area contributed by atoms with E-state index in [2.05, 4.69) is 5.32 Å². The highest BCUT2D eigenvalue weighted by Crippen LogP contribution is 2.34. The molecule has 36 heavy (non-hydrogen) atoms. The third-order valence-corrected chi connectivity index (χ3v) is 5.62. The number of carbonyl (C=O) groups is 2. The first-order valence-electron chi connectivity index (χ1n) is 11.2. The summed E-state index contributed by atoms with van der Waals surface area (Å²) in [5.41, 5.74) is -0.321. The highest BCUT2D eigenvalue weighted by Gasteiger charge is 2.32. The average molecular weight is 520 g/mol. The minimum atomic E-state index is -4.52. The molecule has 0 atom stereocenters. The van der Waals surface area contributed by atoms with Crippen LogP contribution in [0, 0.1) is 11.3 Å². The van der Waals surface area contributed by atoms with Crippen LogP contribution in [-0.2, 0) is 15.7 Å². The number of ether oxygens (including phenoxy) is 1. The maximum absolute atomic E-state index is 13.2. The van der Waals surface area contributed by atoms with Crippen molar-refractivity contribution in [1.82, 2.24) is 0 Å². The zero-order valence-corrected chi connectivity index (χ0v) is 20.8. The van der Waals surface area contributed by atoms with Crippen LogP contribution in [0.5, 0.6) is 0 Å². The molecule has 0 aliphatic heterocycles. The molecule has 10 heteroatoms. The summed E-state index contributed by atoms with van der Waals surface area (Å²) in [6.45, 7) is 4.85. The molecule has 6 nitrogen and oxygen atoms in total. The molecule has 2 aromatic rings. The second-order valence-corrected chi connectivity index (χ2v) is 9.69. The predicted octanol–water partition coefficient (Wildman–Crippen LogP) is 7.09. The number of hydrogen-bond acceptors (Lipinski definition) is 5. The molecular weight excluding hydrogens is 495 g/mol. The Bertz CT molecular complexity index is 1240. The molecule has 1 N–H and O–H groups in total. The third kappa shape index (κ3) is 6.79. The number of nitriles is 1. The number of anilines is 2. The lowest BCUT2D eigenvalue weighted by atomic mass is 9.94. The van der Waals surface area contributed by atoms with Gasteiger partial charge in [0, 0.05) is 23.4 Å². The van der Waals surface area contributed by atoms with E-state index in [-0.39, 0.29) is 46.3 Å². The van der Waals surface area contributed by atoms with Crippen molar-refractivity contribution < 1.29 is 27.5 Å². The molecule has 0 radical (unpaired) electrons. The maximum Gasteiger partial charge on any atom is 0.416 e. The van der Waals surface area contributed by atoms with Gasteiger partial charge < -0.3 is 10.1 Å². The topological polar surface area (TPSA) is 82.4 Å². The van der Waals surface area contributed by atoms with Crippen molar-refractivity contribution in [1.29, 1.82) is 5.26 Å². The fourth-order valence-electron chi connectivity index (χ4n) is 3.68. The minimum absolute atomic E-state index is 0.108. The summed E-state index contributed by atoms with van der Waals surface area (Å²) in [7, 11) is 0. The lowest BCUT2D eigenvalue weighted by Gasteiger charge is -2.30. The Morgan fingerprint density at radius 3 is 2.50 bits per heavy atom. The smallest absolute Gasteiger partial charge is 0.416 e. The Kier molecular flexibility index (Phi) is 7.99. The van der Waals surface area contributed by atoms with E-state index < -0.39 is 23.4 Å². The van der Waals surface area contributed by atoms with Crippen LogP contribution in [0.15, 0.2) is 53.7 Å². The number of alkyl halides is 3. The van der Waals surface area contributed by atoms with Crippen molar-refractivity contribution >= 4 is 34.9 Å². The summed E-state index contributed by atoms with van der Waals surface area (Å²) in [5.74, 6) is -0.242. The fraction of sp³-hybridized carbons (Fsp3) is 0.346. The van der Waals surface area contributed by atoms with Crippen LogP contribution < -0.4 is 10.2 Å². The van der Waals surface area contributed by atoms with E-state index >= 15 is 0 Å². The summed E-state index contributed by atoms with van der Waals surface area (Å²) >= 11 is 6.37. The molecule has 0 spiro atoms. The summed E-state index contributed by atoms with van der Waals surface area (Å²) in [6.07, 6.45) is -4.14. The fourth-order valence-corrected chi connectivity index (χ4v) is 3.97. The number of Topliss-reactive ketones (excluding diaryl/α,β-unsaturated/α-hetero) is 1. The number of allylic oxidation sites excluding steroid dienone is 1. The van der Waals surface area contributed by atoms with Crippen molar-refractivity contribution in [2.24, 2.45) is 0 Å². The van der Waals surface area contributed by atoms with E-state index in [9.17, 15) is 22.8 Å². The molecule has 0 bridgehead atoms. The van der Waals surface area contributed by atoms with Gasteiger partial charge in [-0.05, 0) is 70.0 Å². The molecule has 0 saturated carbocycles. The number of carbonyl (C=O) groups excluding carboxylic acids is 2. The normalized spacial score (nSPS) is 14.3. The Labute approximate surface area is 212 Å². The Balaban J connectivity index is 2.03. The van der Waals surface area contributed by atoms with E-state index in [1.807, 2.05) is 6.07 Å². The largest absolute Gasteiger partial charge is 0.443 e. The van der Waals surface area contributed by atoms with E-state index in [0.29, 0.717) is 18.5 Å². The maximum atomic E-state index is 13.2.